The van der Waals surface area contributed by atoms with Crippen molar-refractivity contribution in [2.75, 3.05) is 16.2 Å². The number of aromatic nitrogens is 1. The Morgan fingerprint density at radius 2 is 1.86 bits per heavy atom. The predicted molar refractivity (Wildman–Crippen MR) is 110 cm³/mol. The van der Waals surface area contributed by atoms with Crippen LogP contribution in [0.25, 0.3) is 0 Å². The summed E-state index contributed by atoms with van der Waals surface area (Å²) in [5.74, 6) is -0.161. The van der Waals surface area contributed by atoms with E-state index in [1.54, 1.807) is 42.6 Å². The van der Waals surface area contributed by atoms with Crippen molar-refractivity contribution in [1.29, 1.82) is 0 Å². The van der Waals surface area contributed by atoms with Gasteiger partial charge in [0, 0.05) is 11.2 Å². The van der Waals surface area contributed by atoms with Gasteiger partial charge in [0.25, 0.3) is 15.9 Å². The second-order valence-electron chi connectivity index (χ2n) is 6.30. The van der Waals surface area contributed by atoms with Crippen LogP contribution in [0, 0.1) is 0 Å². The number of hydrogen-bond donors (Lipinski definition) is 1. The van der Waals surface area contributed by atoms with E-state index in [4.69, 9.17) is 16.3 Å². The number of ether oxygens (including phenoxy) is 1. The second-order valence-corrected chi connectivity index (χ2v) is 8.59. The fourth-order valence-electron chi connectivity index (χ4n) is 2.96. The Labute approximate surface area is 173 Å². The fraction of sp³-hybridized carbons (Fsp3) is 0.100. The van der Waals surface area contributed by atoms with Gasteiger partial charge in [0.05, 0.1) is 29.0 Å². The standard InChI is InChI=1S/C20H16ClN3O4S/c21-14-7-9-16(10-8-14)29(26,27)24-13-19(28-18-6-2-1-5-17(18)24)20(25)23-15-4-3-11-22-12-15/h1-12,19H,13H2,(H,23,25)/t19-/m0/s1. The van der Waals surface area contributed by atoms with Crippen molar-refractivity contribution < 1.29 is 17.9 Å². The van der Waals surface area contributed by atoms with Gasteiger partial charge in [-0.2, -0.15) is 0 Å². The lowest BCUT2D eigenvalue weighted by molar-refractivity contribution is -0.122. The topological polar surface area (TPSA) is 88.6 Å². The van der Waals surface area contributed by atoms with Crippen LogP contribution < -0.4 is 14.4 Å². The number of nitrogens with one attached hydrogen (secondary N) is 1. The molecule has 0 unspecified atom stereocenters. The summed E-state index contributed by atoms with van der Waals surface area (Å²) < 4.78 is 33.5. The van der Waals surface area contributed by atoms with Crippen LogP contribution >= 0.6 is 11.6 Å². The maximum absolute atomic E-state index is 13.3. The molecule has 0 radical (unpaired) electrons. The number of carbonyl (C=O) groups is 1. The van der Waals surface area contributed by atoms with Crippen LogP contribution in [0.4, 0.5) is 11.4 Å². The van der Waals surface area contributed by atoms with Crippen LogP contribution in [-0.4, -0.2) is 32.0 Å². The maximum atomic E-state index is 13.3. The molecule has 4 rings (SSSR count). The third-order valence-corrected chi connectivity index (χ3v) is 6.40. The molecule has 0 saturated carbocycles. The Morgan fingerprint density at radius 3 is 2.59 bits per heavy atom. The van der Waals surface area contributed by atoms with E-state index in [0.29, 0.717) is 22.1 Å². The summed E-state index contributed by atoms with van der Waals surface area (Å²) in [5, 5.41) is 3.13. The molecule has 1 N–H and O–H groups in total. The molecule has 0 fully saturated rings. The minimum absolute atomic E-state index is 0.0741. The monoisotopic (exact) mass is 429 g/mol. The number of pyridine rings is 1. The summed E-state index contributed by atoms with van der Waals surface area (Å²) in [7, 11) is -3.93. The highest BCUT2D eigenvalue weighted by atomic mass is 35.5. The molecular weight excluding hydrogens is 414 g/mol. The van der Waals surface area contributed by atoms with Gasteiger partial charge in [0.15, 0.2) is 6.10 Å². The van der Waals surface area contributed by atoms with E-state index in [-0.39, 0.29) is 11.4 Å². The van der Waals surface area contributed by atoms with Crippen LogP contribution in [0.1, 0.15) is 0 Å². The van der Waals surface area contributed by atoms with E-state index in [1.807, 2.05) is 0 Å². The summed E-state index contributed by atoms with van der Waals surface area (Å²) in [6.07, 6.45) is 2.05. The van der Waals surface area contributed by atoms with Crippen molar-refractivity contribution in [1.82, 2.24) is 4.98 Å². The van der Waals surface area contributed by atoms with Gasteiger partial charge in [0.2, 0.25) is 0 Å². The molecule has 0 saturated heterocycles. The number of amides is 1. The lowest BCUT2D eigenvalue weighted by Gasteiger charge is -2.34. The van der Waals surface area contributed by atoms with E-state index in [9.17, 15) is 13.2 Å². The van der Waals surface area contributed by atoms with Crippen LogP contribution in [0.3, 0.4) is 0 Å². The Kier molecular flexibility index (Phi) is 5.12. The number of rotatable bonds is 4. The first kappa shape index (κ1) is 19.2. The van der Waals surface area contributed by atoms with Gasteiger partial charge in [-0.3, -0.25) is 14.1 Å². The molecule has 7 nitrogen and oxygen atoms in total. The third kappa shape index (κ3) is 3.90. The fourth-order valence-corrected chi connectivity index (χ4v) is 4.56. The average molecular weight is 430 g/mol. The lowest BCUT2D eigenvalue weighted by Crippen LogP contribution is -2.48. The number of sulfonamides is 1. The predicted octanol–water partition coefficient (Wildman–Crippen LogP) is 3.33. The van der Waals surface area contributed by atoms with Gasteiger partial charge in [-0.15, -0.1) is 0 Å². The van der Waals surface area contributed by atoms with Crippen LogP contribution in [0.15, 0.2) is 78.0 Å². The molecule has 0 spiro atoms. The first-order chi connectivity index (χ1) is 13.9. The zero-order valence-corrected chi connectivity index (χ0v) is 16.6. The Morgan fingerprint density at radius 1 is 1.10 bits per heavy atom. The van der Waals surface area contributed by atoms with Gasteiger partial charge >= 0.3 is 0 Å². The molecule has 9 heteroatoms. The highest BCUT2D eigenvalue weighted by Crippen LogP contribution is 2.37. The zero-order chi connectivity index (χ0) is 20.4. The van der Waals surface area contributed by atoms with E-state index >= 15 is 0 Å². The normalized spacial score (nSPS) is 15.9. The quantitative estimate of drug-likeness (QED) is 0.687. The minimum atomic E-state index is -3.93. The van der Waals surface area contributed by atoms with Crippen molar-refractivity contribution >= 4 is 38.9 Å². The van der Waals surface area contributed by atoms with Crippen LogP contribution in [0.5, 0.6) is 5.75 Å². The Balaban J connectivity index is 1.68. The molecule has 1 atom stereocenters. The Hall–Kier alpha value is -3.10. The van der Waals surface area contributed by atoms with Crippen molar-refractivity contribution in [3.05, 3.63) is 78.1 Å². The number of halogens is 1. The van der Waals surface area contributed by atoms with Gasteiger partial charge in [-0.1, -0.05) is 23.7 Å². The number of fused-ring (bicyclic) bond motifs is 1. The number of anilines is 2. The lowest BCUT2D eigenvalue weighted by atomic mass is 10.2. The average Bonchev–Trinajstić information content (AvgIpc) is 2.74. The molecule has 148 valence electrons. The number of hydrogen-bond acceptors (Lipinski definition) is 5. The SMILES string of the molecule is O=C(Nc1cccnc1)[C@@H]1CN(S(=O)(=O)c2ccc(Cl)cc2)c2ccccc2O1. The third-order valence-electron chi connectivity index (χ3n) is 4.36. The van der Waals surface area contributed by atoms with Crippen molar-refractivity contribution in [2.45, 2.75) is 11.0 Å². The largest absolute Gasteiger partial charge is 0.476 e. The molecule has 29 heavy (non-hydrogen) atoms. The van der Waals surface area contributed by atoms with Crippen molar-refractivity contribution in [2.24, 2.45) is 0 Å². The number of benzene rings is 2. The highest BCUT2D eigenvalue weighted by Gasteiger charge is 2.37. The molecule has 2 heterocycles. The van der Waals surface area contributed by atoms with Gasteiger partial charge in [0.1, 0.15) is 5.75 Å². The zero-order valence-electron chi connectivity index (χ0n) is 15.0. The first-order valence-electron chi connectivity index (χ1n) is 8.70. The number of carbonyl (C=O) groups excluding carboxylic acids is 1. The summed E-state index contributed by atoms with van der Waals surface area (Å²) >= 11 is 5.88. The van der Waals surface area contributed by atoms with Gasteiger partial charge < -0.3 is 10.1 Å². The summed E-state index contributed by atoms with van der Waals surface area (Å²) in [4.78, 5) is 16.7. The smallest absolute Gasteiger partial charge is 0.267 e. The van der Waals surface area contributed by atoms with E-state index in [1.165, 1.54) is 34.8 Å². The van der Waals surface area contributed by atoms with E-state index in [2.05, 4.69) is 10.3 Å². The molecule has 1 amide bonds. The van der Waals surface area contributed by atoms with Crippen molar-refractivity contribution in [3.8, 4) is 5.75 Å². The highest BCUT2D eigenvalue weighted by molar-refractivity contribution is 7.92. The van der Waals surface area contributed by atoms with Gasteiger partial charge in [-0.25, -0.2) is 8.42 Å². The first-order valence-corrected chi connectivity index (χ1v) is 10.5. The van der Waals surface area contributed by atoms with Gasteiger partial charge in [-0.05, 0) is 48.5 Å². The van der Waals surface area contributed by atoms with E-state index < -0.39 is 22.0 Å². The molecule has 1 aromatic heterocycles. The summed E-state index contributed by atoms with van der Waals surface area (Å²) in [5.41, 5.74) is 0.861. The molecule has 1 aliphatic rings. The van der Waals surface area contributed by atoms with Crippen molar-refractivity contribution in [3.63, 3.8) is 0 Å². The molecule has 2 aromatic carbocycles. The molecule has 3 aromatic rings. The van der Waals surface area contributed by atoms with Crippen LogP contribution in [0.2, 0.25) is 5.02 Å². The Bertz CT molecular complexity index is 1140. The molecular formula is C20H16ClN3O4S. The molecule has 0 bridgehead atoms. The van der Waals surface area contributed by atoms with Crippen LogP contribution in [-0.2, 0) is 14.8 Å². The minimum Gasteiger partial charge on any atom is -0.476 e. The second kappa shape index (κ2) is 7.73. The molecule has 1 aliphatic heterocycles. The number of nitrogens with zero attached hydrogens (tertiary/aromatic N) is 2. The van der Waals surface area contributed by atoms with E-state index in [0.717, 1.165) is 0 Å². The summed E-state index contributed by atoms with van der Waals surface area (Å²) in [6.45, 7) is -0.173. The number of para-hydroxylation sites is 2. The maximum Gasteiger partial charge on any atom is 0.267 e. The summed E-state index contributed by atoms with van der Waals surface area (Å²) in [6, 6.07) is 15.9. The molecule has 0 aliphatic carbocycles.